The maximum absolute atomic E-state index is 12.3. The van der Waals surface area contributed by atoms with Crippen LogP contribution in [0.2, 0.25) is 0 Å². The third-order valence-electron chi connectivity index (χ3n) is 3.73. The Bertz CT molecular complexity index is 722. The minimum atomic E-state index is -1.09. The van der Waals surface area contributed by atoms with Crippen LogP contribution in [0.15, 0.2) is 30.6 Å². The largest absolute Gasteiger partial charge is 0.479 e. The highest BCUT2D eigenvalue weighted by Crippen LogP contribution is 2.18. The summed E-state index contributed by atoms with van der Waals surface area (Å²) in [6.07, 6.45) is 3.98. The first kappa shape index (κ1) is 16.7. The zero-order valence-corrected chi connectivity index (χ0v) is 13.5. The monoisotopic (exact) mass is 315 g/mol. The summed E-state index contributed by atoms with van der Waals surface area (Å²) < 4.78 is 1.67. The van der Waals surface area contributed by atoms with Crippen molar-refractivity contribution in [1.82, 2.24) is 15.1 Å². The Balaban J connectivity index is 2.19. The molecule has 2 aromatic rings. The van der Waals surface area contributed by atoms with E-state index in [2.05, 4.69) is 10.4 Å². The molecule has 6 nitrogen and oxygen atoms in total. The molecule has 0 aliphatic carbocycles. The van der Waals surface area contributed by atoms with Gasteiger partial charge >= 0.3 is 5.97 Å². The van der Waals surface area contributed by atoms with Crippen molar-refractivity contribution in [2.75, 3.05) is 0 Å². The maximum Gasteiger partial charge on any atom is 0.330 e. The fraction of sp³-hybridized carbons (Fsp3) is 0.353. The van der Waals surface area contributed by atoms with Gasteiger partial charge in [-0.05, 0) is 37.0 Å². The highest BCUT2D eigenvalue weighted by Gasteiger charge is 2.23. The van der Waals surface area contributed by atoms with Crippen molar-refractivity contribution >= 4 is 11.9 Å². The molecule has 0 bridgehead atoms. The fourth-order valence-electron chi connectivity index (χ4n) is 2.28. The van der Waals surface area contributed by atoms with E-state index in [-0.39, 0.29) is 0 Å². The van der Waals surface area contributed by atoms with Gasteiger partial charge in [-0.3, -0.25) is 9.48 Å². The second kappa shape index (κ2) is 7.09. The van der Waals surface area contributed by atoms with Crippen molar-refractivity contribution in [3.8, 4) is 0 Å². The van der Waals surface area contributed by atoms with Crippen molar-refractivity contribution in [2.45, 2.75) is 39.8 Å². The third-order valence-corrected chi connectivity index (χ3v) is 3.73. The van der Waals surface area contributed by atoms with Gasteiger partial charge in [0.15, 0.2) is 6.04 Å². The molecule has 1 aromatic carbocycles. The molecule has 2 N–H and O–H groups in total. The fourth-order valence-corrected chi connectivity index (χ4v) is 2.28. The lowest BCUT2D eigenvalue weighted by Crippen LogP contribution is -2.33. The first-order chi connectivity index (χ1) is 10.9. The van der Waals surface area contributed by atoms with E-state index in [9.17, 15) is 14.7 Å². The number of carbonyl (C=O) groups excluding carboxylic acids is 1. The van der Waals surface area contributed by atoms with Gasteiger partial charge in [-0.2, -0.15) is 5.10 Å². The van der Waals surface area contributed by atoms with Crippen molar-refractivity contribution in [3.05, 3.63) is 52.8 Å². The number of nitrogens with one attached hydrogen (secondary N) is 1. The molecule has 6 heteroatoms. The van der Waals surface area contributed by atoms with Gasteiger partial charge in [0.2, 0.25) is 0 Å². The minimum absolute atomic E-state index is 0.355. The molecule has 1 aromatic heterocycles. The van der Waals surface area contributed by atoms with Crippen LogP contribution in [0.3, 0.4) is 0 Å². The van der Waals surface area contributed by atoms with Crippen LogP contribution < -0.4 is 5.32 Å². The van der Waals surface area contributed by atoms with Crippen molar-refractivity contribution in [1.29, 1.82) is 0 Å². The molecule has 0 saturated carbocycles. The quantitative estimate of drug-likeness (QED) is 0.857. The smallest absolute Gasteiger partial charge is 0.330 e. The summed E-state index contributed by atoms with van der Waals surface area (Å²) in [4.78, 5) is 23.8. The lowest BCUT2D eigenvalue weighted by molar-refractivity contribution is -0.139. The molecule has 0 aliphatic rings. The Morgan fingerprint density at radius 2 is 2.04 bits per heavy atom. The third kappa shape index (κ3) is 3.97. The molecule has 2 rings (SSSR count). The first-order valence-corrected chi connectivity index (χ1v) is 7.55. The SMILES string of the molecule is CCCn1cc(C(=O)NC(C(=O)O)c2ccc(C)c(C)c2)cn1. The van der Waals surface area contributed by atoms with E-state index in [1.165, 1.54) is 6.20 Å². The number of aromatic nitrogens is 2. The molecular formula is C17H21N3O3. The Morgan fingerprint density at radius 3 is 2.65 bits per heavy atom. The highest BCUT2D eigenvalue weighted by atomic mass is 16.4. The van der Waals surface area contributed by atoms with E-state index in [1.807, 2.05) is 26.8 Å². The van der Waals surface area contributed by atoms with Crippen LogP contribution in [-0.2, 0) is 11.3 Å². The molecule has 1 amide bonds. The molecule has 23 heavy (non-hydrogen) atoms. The molecule has 1 unspecified atom stereocenters. The number of carboxylic acid groups (broad SMARTS) is 1. The summed E-state index contributed by atoms with van der Waals surface area (Å²) in [5, 5.41) is 16.1. The number of aliphatic carboxylic acids is 1. The van der Waals surface area contributed by atoms with Crippen LogP contribution in [-0.4, -0.2) is 26.8 Å². The Morgan fingerprint density at radius 1 is 1.30 bits per heavy atom. The Hall–Kier alpha value is -2.63. The molecule has 122 valence electrons. The molecular weight excluding hydrogens is 294 g/mol. The first-order valence-electron chi connectivity index (χ1n) is 7.55. The van der Waals surface area contributed by atoms with Crippen LogP contribution in [0.5, 0.6) is 0 Å². The van der Waals surface area contributed by atoms with Crippen molar-refractivity contribution in [3.63, 3.8) is 0 Å². The number of rotatable bonds is 6. The second-order valence-corrected chi connectivity index (χ2v) is 5.58. The van der Waals surface area contributed by atoms with E-state index >= 15 is 0 Å². The summed E-state index contributed by atoms with van der Waals surface area (Å²) >= 11 is 0. The highest BCUT2D eigenvalue weighted by molar-refractivity contribution is 5.96. The number of aryl methyl sites for hydroxylation is 3. The molecule has 0 aliphatic heterocycles. The van der Waals surface area contributed by atoms with E-state index in [0.717, 1.165) is 17.5 Å². The molecule has 0 fully saturated rings. The van der Waals surface area contributed by atoms with Gasteiger partial charge in [-0.1, -0.05) is 25.1 Å². The zero-order valence-electron chi connectivity index (χ0n) is 13.5. The van der Waals surface area contributed by atoms with Crippen LogP contribution in [0.25, 0.3) is 0 Å². The van der Waals surface area contributed by atoms with Crippen molar-refractivity contribution in [2.24, 2.45) is 0 Å². The lowest BCUT2D eigenvalue weighted by Gasteiger charge is -2.15. The Labute approximate surface area is 135 Å². The lowest BCUT2D eigenvalue weighted by atomic mass is 10.0. The number of amides is 1. The zero-order chi connectivity index (χ0) is 17.0. The molecule has 1 atom stereocenters. The van der Waals surface area contributed by atoms with Crippen LogP contribution >= 0.6 is 0 Å². The maximum atomic E-state index is 12.3. The van der Waals surface area contributed by atoms with E-state index in [4.69, 9.17) is 0 Å². The van der Waals surface area contributed by atoms with Gasteiger partial charge < -0.3 is 10.4 Å². The van der Waals surface area contributed by atoms with Gasteiger partial charge in [-0.15, -0.1) is 0 Å². The summed E-state index contributed by atoms with van der Waals surface area (Å²) in [5.41, 5.74) is 2.97. The van der Waals surface area contributed by atoms with Gasteiger partial charge in [0.25, 0.3) is 5.91 Å². The summed E-state index contributed by atoms with van der Waals surface area (Å²) in [7, 11) is 0. The standard InChI is InChI=1S/C17H21N3O3/c1-4-7-20-10-14(9-18-20)16(21)19-15(17(22)23)13-6-5-11(2)12(3)8-13/h5-6,8-10,15H,4,7H2,1-3H3,(H,19,21)(H,22,23). The van der Waals surface area contributed by atoms with Crippen molar-refractivity contribution < 1.29 is 14.7 Å². The molecule has 0 radical (unpaired) electrons. The molecule has 1 heterocycles. The predicted molar refractivity (Wildman–Crippen MR) is 86.3 cm³/mol. The minimum Gasteiger partial charge on any atom is -0.479 e. The number of nitrogens with zero attached hydrogens (tertiary/aromatic N) is 2. The van der Waals surface area contributed by atoms with Crippen LogP contribution in [0.1, 0.15) is 46.4 Å². The number of benzene rings is 1. The van der Waals surface area contributed by atoms with Crippen LogP contribution in [0.4, 0.5) is 0 Å². The van der Waals surface area contributed by atoms with Crippen LogP contribution in [0, 0.1) is 13.8 Å². The Kier molecular flexibility index (Phi) is 5.16. The topological polar surface area (TPSA) is 84.2 Å². The number of hydrogen-bond donors (Lipinski definition) is 2. The predicted octanol–water partition coefficient (Wildman–Crippen LogP) is 2.47. The normalized spacial score (nSPS) is 12.0. The molecule has 0 spiro atoms. The van der Waals surface area contributed by atoms with Gasteiger partial charge in [0.1, 0.15) is 0 Å². The number of carbonyl (C=O) groups is 2. The summed E-state index contributed by atoms with van der Waals surface area (Å²) in [6.45, 7) is 6.60. The number of hydrogen-bond acceptors (Lipinski definition) is 3. The van der Waals surface area contributed by atoms with Gasteiger partial charge in [0.05, 0.1) is 11.8 Å². The summed E-state index contributed by atoms with van der Waals surface area (Å²) in [5.74, 6) is -1.54. The van der Waals surface area contributed by atoms with E-state index in [0.29, 0.717) is 17.7 Å². The number of carboxylic acids is 1. The van der Waals surface area contributed by atoms with Gasteiger partial charge in [0, 0.05) is 12.7 Å². The second-order valence-electron chi connectivity index (χ2n) is 5.58. The average Bonchev–Trinajstić information content (AvgIpc) is 2.96. The van der Waals surface area contributed by atoms with Gasteiger partial charge in [-0.25, -0.2) is 4.79 Å². The van der Waals surface area contributed by atoms with E-state index < -0.39 is 17.9 Å². The van der Waals surface area contributed by atoms with E-state index in [1.54, 1.807) is 23.0 Å². The summed E-state index contributed by atoms with van der Waals surface area (Å²) in [6, 6.07) is 4.28. The average molecular weight is 315 g/mol. The molecule has 0 saturated heterocycles.